The number of pyridine rings is 1. The van der Waals surface area contributed by atoms with Crippen LogP contribution in [0.3, 0.4) is 0 Å². The van der Waals surface area contributed by atoms with Crippen LogP contribution in [0.5, 0.6) is 0 Å². The molecule has 0 spiro atoms. The summed E-state index contributed by atoms with van der Waals surface area (Å²) in [6, 6.07) is 9.65. The van der Waals surface area contributed by atoms with Gasteiger partial charge in [-0.15, -0.1) is 0 Å². The maximum absolute atomic E-state index is 12.1. The molecular weight excluding hydrogens is 346 g/mol. The molecular formula is C21H28NO3S-. The van der Waals surface area contributed by atoms with Crippen LogP contribution < -0.4 is 0 Å². The van der Waals surface area contributed by atoms with E-state index in [4.69, 9.17) is 0 Å². The first-order valence-corrected chi connectivity index (χ1v) is 10.4. The highest BCUT2D eigenvalue weighted by Crippen LogP contribution is 2.33. The molecule has 0 aliphatic carbocycles. The summed E-state index contributed by atoms with van der Waals surface area (Å²) in [6.07, 6.45) is 7.81. The Hall–Kier alpha value is -2.01. The van der Waals surface area contributed by atoms with Gasteiger partial charge in [0.15, 0.2) is 4.64 Å². The van der Waals surface area contributed by atoms with Gasteiger partial charge in [-0.05, 0) is 49.2 Å². The number of benzene rings is 1. The van der Waals surface area contributed by atoms with E-state index in [2.05, 4.69) is 25.1 Å². The molecule has 0 aliphatic rings. The number of nitrogens with zero attached hydrogens (tertiary/aromatic N) is 1. The summed E-state index contributed by atoms with van der Waals surface area (Å²) in [4.78, 5) is 0. The molecule has 0 saturated carbocycles. The molecule has 0 fully saturated rings. The Balaban J connectivity index is 2.50. The van der Waals surface area contributed by atoms with Crippen molar-refractivity contribution in [3.05, 3.63) is 68.6 Å². The molecule has 0 bridgehead atoms. The van der Waals surface area contributed by atoms with E-state index in [0.717, 1.165) is 36.0 Å². The Morgan fingerprint density at radius 1 is 1.04 bits per heavy atom. The fraction of sp³-hybridized carbons (Fsp3) is 0.476. The zero-order chi connectivity index (χ0) is 19.1. The van der Waals surface area contributed by atoms with Crippen molar-refractivity contribution in [3.8, 4) is 0 Å². The van der Waals surface area contributed by atoms with Crippen molar-refractivity contribution >= 4 is 10.3 Å². The molecule has 0 saturated heterocycles. The standard InChI is InChI=1S/C21H28NO3S/c1-4-5-6-7-8-10-18(20-15-16(2)12-13-17(20)3)19-11-9-14-22(23)21(19)26(24)25/h9,11-15,18H,4-8,10H2,1-3H3/q-1. The fourth-order valence-electron chi connectivity index (χ4n) is 3.49. The Kier molecular flexibility index (Phi) is 7.51. The van der Waals surface area contributed by atoms with E-state index in [-0.39, 0.29) is 10.6 Å². The van der Waals surface area contributed by atoms with Crippen molar-refractivity contribution in [2.24, 2.45) is 0 Å². The van der Waals surface area contributed by atoms with Gasteiger partial charge in [-0.1, -0.05) is 68.9 Å². The first kappa shape index (κ1) is 20.3. The maximum atomic E-state index is 12.1. The molecule has 1 aromatic carbocycles. The van der Waals surface area contributed by atoms with Crippen molar-refractivity contribution in [2.45, 2.75) is 65.2 Å². The number of rotatable bonds is 8. The first-order valence-electron chi connectivity index (χ1n) is 9.34. The highest BCUT2D eigenvalue weighted by atomic mass is 32.2. The number of aryl methyl sites for hydroxylation is 2. The molecule has 2 rings (SSSR count). The Bertz CT molecular complexity index is 905. The van der Waals surface area contributed by atoms with Gasteiger partial charge in [0, 0.05) is 5.92 Å². The van der Waals surface area contributed by atoms with E-state index >= 15 is 0 Å². The van der Waals surface area contributed by atoms with Crippen LogP contribution >= 0.6 is 0 Å². The van der Waals surface area contributed by atoms with Crippen LogP contribution in [0.1, 0.15) is 73.6 Å². The maximum Gasteiger partial charge on any atom is 0.238 e. The summed E-state index contributed by atoms with van der Waals surface area (Å²) in [5, 5.41) is 12.1. The Labute approximate surface area is 157 Å². The predicted octanol–water partition coefficient (Wildman–Crippen LogP) is 5.35. The molecule has 1 heterocycles. The molecule has 5 heteroatoms. The van der Waals surface area contributed by atoms with Crippen molar-refractivity contribution in [3.63, 3.8) is 0 Å². The van der Waals surface area contributed by atoms with Gasteiger partial charge in [-0.2, -0.15) is 8.42 Å². The summed E-state index contributed by atoms with van der Waals surface area (Å²) >= 11 is 0. The predicted molar refractivity (Wildman–Crippen MR) is 106 cm³/mol. The van der Waals surface area contributed by atoms with Crippen LogP contribution in [0.2, 0.25) is 0 Å². The second kappa shape index (κ2) is 9.62. The molecule has 1 aromatic heterocycles. The largest absolute Gasteiger partial charge is 0.805 e. The van der Waals surface area contributed by atoms with E-state index < -0.39 is 10.3 Å². The number of unbranched alkanes of at least 4 members (excludes halogenated alkanes) is 4. The van der Waals surface area contributed by atoms with Crippen molar-refractivity contribution in [1.82, 2.24) is 4.73 Å². The van der Waals surface area contributed by atoms with Gasteiger partial charge < -0.3 is 9.94 Å². The number of hydrogen-bond donors (Lipinski definition) is 0. The minimum atomic E-state index is -2.57. The van der Waals surface area contributed by atoms with Crippen molar-refractivity contribution in [2.75, 3.05) is 0 Å². The van der Waals surface area contributed by atoms with E-state index in [9.17, 15) is 13.6 Å². The van der Waals surface area contributed by atoms with Gasteiger partial charge in [0.25, 0.3) is 0 Å². The van der Waals surface area contributed by atoms with Crippen LogP contribution in [-0.2, 0) is 10.3 Å². The lowest BCUT2D eigenvalue weighted by Crippen LogP contribution is -2.08. The second-order valence-electron chi connectivity index (χ2n) is 6.94. The third kappa shape index (κ3) is 5.01. The lowest BCUT2D eigenvalue weighted by Gasteiger charge is -2.23. The van der Waals surface area contributed by atoms with Gasteiger partial charge in [0.05, 0.1) is 0 Å². The van der Waals surface area contributed by atoms with Crippen LogP contribution in [0.4, 0.5) is 0 Å². The SMILES string of the molecule is CCCCCCCC(c1cc(C)ccc1C)c1cccn([O-])c1=S(=O)=O. The third-order valence-corrected chi connectivity index (χ3v) is 5.62. The second-order valence-corrected chi connectivity index (χ2v) is 7.80. The molecule has 26 heavy (non-hydrogen) atoms. The smallest absolute Gasteiger partial charge is 0.238 e. The highest BCUT2D eigenvalue weighted by molar-refractivity contribution is 7.63. The minimum Gasteiger partial charge on any atom is -0.805 e. The minimum absolute atomic E-state index is 0.0918. The molecule has 0 aliphatic heterocycles. The third-order valence-electron chi connectivity index (χ3n) is 4.88. The van der Waals surface area contributed by atoms with Crippen molar-refractivity contribution in [1.29, 1.82) is 0 Å². The van der Waals surface area contributed by atoms with Gasteiger partial charge >= 0.3 is 0 Å². The monoisotopic (exact) mass is 374 g/mol. The Morgan fingerprint density at radius 3 is 2.46 bits per heavy atom. The molecule has 4 nitrogen and oxygen atoms in total. The zero-order valence-electron chi connectivity index (χ0n) is 15.9. The van der Waals surface area contributed by atoms with Gasteiger partial charge in [-0.25, -0.2) is 0 Å². The molecule has 1 unspecified atom stereocenters. The Morgan fingerprint density at radius 2 is 1.77 bits per heavy atom. The molecule has 0 amide bonds. The average molecular weight is 375 g/mol. The lowest BCUT2D eigenvalue weighted by atomic mass is 9.84. The zero-order valence-corrected chi connectivity index (χ0v) is 16.7. The van der Waals surface area contributed by atoms with Gasteiger partial charge in [0.2, 0.25) is 10.3 Å². The molecule has 142 valence electrons. The normalized spacial score (nSPS) is 12.1. The summed E-state index contributed by atoms with van der Waals surface area (Å²) in [5.74, 6) is -0.0918. The van der Waals surface area contributed by atoms with Gasteiger partial charge in [0.1, 0.15) is 0 Å². The molecule has 2 aromatic rings. The van der Waals surface area contributed by atoms with Crippen molar-refractivity contribution < 1.29 is 8.42 Å². The van der Waals surface area contributed by atoms with E-state index in [1.807, 2.05) is 13.8 Å². The number of aromatic nitrogens is 1. The van der Waals surface area contributed by atoms with Crippen LogP contribution in [0.15, 0.2) is 36.5 Å². The summed E-state index contributed by atoms with van der Waals surface area (Å²) < 4.78 is 23.8. The van der Waals surface area contributed by atoms with E-state index in [0.29, 0.717) is 10.3 Å². The fourth-order valence-corrected chi connectivity index (χ4v) is 4.10. The summed E-state index contributed by atoms with van der Waals surface area (Å²) in [7, 11) is -2.57. The molecule has 0 radical (unpaired) electrons. The van der Waals surface area contributed by atoms with Crippen LogP contribution in [-0.4, -0.2) is 13.1 Å². The van der Waals surface area contributed by atoms with Crippen LogP contribution in [0, 0.1) is 23.7 Å². The number of hydrogen-bond acceptors (Lipinski definition) is 3. The summed E-state index contributed by atoms with van der Waals surface area (Å²) in [5.41, 5.74) is 3.97. The van der Waals surface area contributed by atoms with Crippen LogP contribution in [0.25, 0.3) is 0 Å². The highest BCUT2D eigenvalue weighted by Gasteiger charge is 2.19. The first-order chi connectivity index (χ1) is 12.5. The molecule has 1 atom stereocenters. The van der Waals surface area contributed by atoms with E-state index in [1.165, 1.54) is 25.5 Å². The molecule has 0 N–H and O–H groups in total. The average Bonchev–Trinajstić information content (AvgIpc) is 2.60. The van der Waals surface area contributed by atoms with E-state index in [1.54, 1.807) is 12.1 Å². The topological polar surface area (TPSA) is 62.1 Å². The summed E-state index contributed by atoms with van der Waals surface area (Å²) in [6.45, 7) is 6.26. The quantitative estimate of drug-likeness (QED) is 0.462. The lowest BCUT2D eigenvalue weighted by molar-refractivity contribution is 0.576. The van der Waals surface area contributed by atoms with Gasteiger partial charge in [-0.3, -0.25) is 0 Å².